The summed E-state index contributed by atoms with van der Waals surface area (Å²) in [5.41, 5.74) is 2.68. The molecule has 0 aliphatic carbocycles. The third-order valence-electron chi connectivity index (χ3n) is 3.39. The number of phenols is 1. The molecule has 0 aliphatic heterocycles. The molecule has 0 aliphatic rings. The van der Waals surface area contributed by atoms with Gasteiger partial charge in [-0.1, -0.05) is 12.1 Å². The van der Waals surface area contributed by atoms with Gasteiger partial charge in [-0.3, -0.25) is 0 Å². The van der Waals surface area contributed by atoms with Gasteiger partial charge in [0.15, 0.2) is 0 Å². The summed E-state index contributed by atoms with van der Waals surface area (Å²) in [6.07, 6.45) is 0. The van der Waals surface area contributed by atoms with E-state index in [2.05, 4.69) is 6.07 Å². The van der Waals surface area contributed by atoms with Crippen LogP contribution in [-0.4, -0.2) is 5.11 Å². The summed E-state index contributed by atoms with van der Waals surface area (Å²) in [6, 6.07) is 13.6. The van der Waals surface area contributed by atoms with Crippen molar-refractivity contribution in [1.82, 2.24) is 0 Å². The molecule has 4 heteroatoms. The number of phenolic OH excluding ortho intramolecular Hbond substituents is 1. The van der Waals surface area contributed by atoms with Crippen LogP contribution in [0.15, 0.2) is 51.7 Å². The van der Waals surface area contributed by atoms with E-state index in [9.17, 15) is 9.90 Å². The van der Waals surface area contributed by atoms with Crippen molar-refractivity contribution in [2.45, 2.75) is 6.92 Å². The van der Waals surface area contributed by atoms with E-state index < -0.39 is 5.63 Å². The number of nitriles is 1. The molecule has 0 spiro atoms. The average molecular weight is 277 g/mol. The number of benzene rings is 2. The minimum atomic E-state index is -0.439. The highest BCUT2D eigenvalue weighted by molar-refractivity contribution is 5.88. The van der Waals surface area contributed by atoms with Gasteiger partial charge in [0.1, 0.15) is 11.3 Å². The Balaban J connectivity index is 2.25. The molecule has 0 fully saturated rings. The fraction of sp³-hybridized carbons (Fsp3) is 0.0588. The zero-order valence-electron chi connectivity index (χ0n) is 11.3. The normalized spacial score (nSPS) is 10.5. The molecule has 0 radical (unpaired) electrons. The monoisotopic (exact) mass is 277 g/mol. The van der Waals surface area contributed by atoms with Crippen molar-refractivity contribution in [3.05, 3.63) is 64.0 Å². The standard InChI is InChI=1S/C17H11NO3/c1-10-6-17(20)21-16-8-15(19)14(7-13(10)16)12-4-2-11(9-18)3-5-12/h2-8,19H,1H3. The number of nitrogens with zero attached hydrogens (tertiary/aromatic N) is 1. The van der Waals surface area contributed by atoms with Gasteiger partial charge >= 0.3 is 5.63 Å². The van der Waals surface area contributed by atoms with Crippen molar-refractivity contribution in [3.63, 3.8) is 0 Å². The molecule has 1 N–H and O–H groups in total. The summed E-state index contributed by atoms with van der Waals surface area (Å²) in [5.74, 6) is 0.0287. The third kappa shape index (κ3) is 2.26. The van der Waals surface area contributed by atoms with Crippen LogP contribution in [0.4, 0.5) is 0 Å². The molecule has 1 aromatic heterocycles. The van der Waals surface area contributed by atoms with E-state index in [-0.39, 0.29) is 5.75 Å². The van der Waals surface area contributed by atoms with Gasteiger partial charge < -0.3 is 9.52 Å². The Morgan fingerprint density at radius 2 is 1.86 bits per heavy atom. The van der Waals surface area contributed by atoms with Crippen LogP contribution >= 0.6 is 0 Å². The van der Waals surface area contributed by atoms with E-state index in [1.165, 1.54) is 12.1 Å². The molecule has 0 saturated heterocycles. The highest BCUT2D eigenvalue weighted by Crippen LogP contribution is 2.34. The third-order valence-corrected chi connectivity index (χ3v) is 3.39. The van der Waals surface area contributed by atoms with Crippen LogP contribution in [0.3, 0.4) is 0 Å². The number of aryl methyl sites for hydroxylation is 1. The second-order valence-corrected chi connectivity index (χ2v) is 4.80. The highest BCUT2D eigenvalue weighted by Gasteiger charge is 2.10. The first-order chi connectivity index (χ1) is 10.1. The number of fused-ring (bicyclic) bond motifs is 1. The Bertz CT molecular complexity index is 931. The zero-order valence-corrected chi connectivity index (χ0v) is 11.3. The molecular weight excluding hydrogens is 266 g/mol. The summed E-state index contributed by atoms with van der Waals surface area (Å²) in [5, 5.41) is 19.7. The van der Waals surface area contributed by atoms with Gasteiger partial charge in [-0.15, -0.1) is 0 Å². The van der Waals surface area contributed by atoms with Gasteiger partial charge in [0.2, 0.25) is 0 Å². The molecule has 3 aromatic rings. The molecule has 102 valence electrons. The van der Waals surface area contributed by atoms with E-state index >= 15 is 0 Å². The lowest BCUT2D eigenvalue weighted by molar-refractivity contribution is 0.475. The van der Waals surface area contributed by atoms with E-state index in [0.29, 0.717) is 16.7 Å². The summed E-state index contributed by atoms with van der Waals surface area (Å²) < 4.78 is 5.09. The lowest BCUT2D eigenvalue weighted by Gasteiger charge is -2.08. The van der Waals surface area contributed by atoms with E-state index in [1.54, 1.807) is 30.3 Å². The van der Waals surface area contributed by atoms with Gasteiger partial charge in [-0.05, 0) is 36.2 Å². The van der Waals surface area contributed by atoms with Gasteiger partial charge in [-0.2, -0.15) is 5.26 Å². The average Bonchev–Trinajstić information content (AvgIpc) is 2.46. The number of rotatable bonds is 1. The topological polar surface area (TPSA) is 74.2 Å². The predicted molar refractivity (Wildman–Crippen MR) is 79.0 cm³/mol. The molecule has 0 amide bonds. The zero-order chi connectivity index (χ0) is 15.0. The Hall–Kier alpha value is -3.06. The quantitative estimate of drug-likeness (QED) is 0.692. The SMILES string of the molecule is Cc1cc(=O)oc2cc(O)c(-c3ccc(C#N)cc3)cc12. The van der Waals surface area contributed by atoms with Crippen LogP contribution in [0.25, 0.3) is 22.1 Å². The van der Waals surface area contributed by atoms with Crippen LogP contribution in [0.2, 0.25) is 0 Å². The van der Waals surface area contributed by atoms with Crippen molar-refractivity contribution in [1.29, 1.82) is 5.26 Å². The second-order valence-electron chi connectivity index (χ2n) is 4.80. The molecule has 0 unspecified atom stereocenters. The Kier molecular flexibility index (Phi) is 2.96. The fourth-order valence-corrected chi connectivity index (χ4v) is 2.31. The maximum Gasteiger partial charge on any atom is 0.336 e. The van der Waals surface area contributed by atoms with E-state index in [4.69, 9.17) is 9.68 Å². The summed E-state index contributed by atoms with van der Waals surface area (Å²) in [6.45, 7) is 1.82. The first-order valence-electron chi connectivity index (χ1n) is 6.36. The largest absolute Gasteiger partial charge is 0.507 e. The van der Waals surface area contributed by atoms with Gasteiger partial charge in [-0.25, -0.2) is 4.79 Å². The van der Waals surface area contributed by atoms with Gasteiger partial charge in [0.25, 0.3) is 0 Å². The lowest BCUT2D eigenvalue weighted by atomic mass is 10.00. The fourth-order valence-electron chi connectivity index (χ4n) is 2.31. The van der Waals surface area contributed by atoms with Crippen molar-refractivity contribution in [3.8, 4) is 22.9 Å². The number of hydrogen-bond donors (Lipinski definition) is 1. The maximum atomic E-state index is 11.4. The van der Waals surface area contributed by atoms with Crippen molar-refractivity contribution in [2.24, 2.45) is 0 Å². The molecule has 1 heterocycles. The predicted octanol–water partition coefficient (Wildman–Crippen LogP) is 3.35. The molecule has 0 saturated carbocycles. The minimum Gasteiger partial charge on any atom is -0.507 e. The number of hydrogen-bond acceptors (Lipinski definition) is 4. The Labute approximate surface area is 120 Å². The first-order valence-corrected chi connectivity index (χ1v) is 6.36. The molecule has 2 aromatic carbocycles. The summed E-state index contributed by atoms with van der Waals surface area (Å²) in [7, 11) is 0. The highest BCUT2D eigenvalue weighted by atomic mass is 16.4. The molecular formula is C17H11NO3. The van der Waals surface area contributed by atoms with E-state index in [1.807, 2.05) is 6.92 Å². The molecule has 0 bridgehead atoms. The van der Waals surface area contributed by atoms with Crippen LogP contribution in [-0.2, 0) is 0 Å². The Morgan fingerprint density at radius 3 is 2.52 bits per heavy atom. The van der Waals surface area contributed by atoms with Crippen molar-refractivity contribution >= 4 is 11.0 Å². The van der Waals surface area contributed by atoms with Gasteiger partial charge in [0, 0.05) is 23.1 Å². The van der Waals surface area contributed by atoms with Crippen LogP contribution < -0.4 is 5.63 Å². The minimum absolute atomic E-state index is 0.0287. The summed E-state index contributed by atoms with van der Waals surface area (Å²) >= 11 is 0. The number of aromatic hydroxyl groups is 1. The van der Waals surface area contributed by atoms with Crippen molar-refractivity contribution < 1.29 is 9.52 Å². The molecule has 0 atom stereocenters. The Morgan fingerprint density at radius 1 is 1.14 bits per heavy atom. The van der Waals surface area contributed by atoms with Crippen LogP contribution in [0.5, 0.6) is 5.75 Å². The van der Waals surface area contributed by atoms with Crippen molar-refractivity contribution in [2.75, 3.05) is 0 Å². The first kappa shape index (κ1) is 12.9. The summed E-state index contributed by atoms with van der Waals surface area (Å²) in [4.78, 5) is 11.4. The maximum absolute atomic E-state index is 11.4. The molecule has 21 heavy (non-hydrogen) atoms. The smallest absolute Gasteiger partial charge is 0.336 e. The molecule has 3 rings (SSSR count). The van der Waals surface area contributed by atoms with Crippen LogP contribution in [0, 0.1) is 18.3 Å². The molecule has 4 nitrogen and oxygen atoms in total. The second kappa shape index (κ2) is 4.80. The van der Waals surface area contributed by atoms with E-state index in [0.717, 1.165) is 16.5 Å². The van der Waals surface area contributed by atoms with Crippen LogP contribution in [0.1, 0.15) is 11.1 Å². The van der Waals surface area contributed by atoms with Gasteiger partial charge in [0.05, 0.1) is 11.6 Å². The lowest BCUT2D eigenvalue weighted by Crippen LogP contribution is -1.98.